The Bertz CT molecular complexity index is 385. The molecular formula is C11H13NO3. The lowest BCUT2D eigenvalue weighted by atomic mass is 10.2. The molecule has 0 aliphatic heterocycles. The van der Waals surface area contributed by atoms with Crippen molar-refractivity contribution in [3.8, 4) is 5.75 Å². The smallest absolute Gasteiger partial charge is 0.353 e. The molecule has 0 saturated heterocycles. The predicted molar refractivity (Wildman–Crippen MR) is 57.2 cm³/mol. The second-order valence-corrected chi connectivity index (χ2v) is 2.87. The van der Waals surface area contributed by atoms with Crippen LogP contribution in [0, 0.1) is 0 Å². The number of nitrogens with two attached hydrogens (primary N) is 1. The van der Waals surface area contributed by atoms with Crippen LogP contribution in [0.25, 0.3) is 6.08 Å². The maximum Gasteiger partial charge on any atom is 0.353 e. The maximum absolute atomic E-state index is 11.0. The summed E-state index contributed by atoms with van der Waals surface area (Å²) in [4.78, 5) is 11.0. The molecule has 0 aliphatic rings. The topological polar surface area (TPSA) is 61.5 Å². The summed E-state index contributed by atoms with van der Waals surface area (Å²) in [7, 11) is 2.86. The average molecular weight is 207 g/mol. The van der Waals surface area contributed by atoms with Gasteiger partial charge in [-0.1, -0.05) is 12.1 Å². The lowest BCUT2D eigenvalue weighted by Crippen LogP contribution is -2.12. The molecule has 0 spiro atoms. The molecule has 1 rings (SSSR count). The highest BCUT2D eigenvalue weighted by Gasteiger charge is 2.03. The van der Waals surface area contributed by atoms with Crippen molar-refractivity contribution < 1.29 is 14.3 Å². The minimum atomic E-state index is -0.544. The van der Waals surface area contributed by atoms with Gasteiger partial charge in [-0.3, -0.25) is 0 Å². The fourth-order valence-corrected chi connectivity index (χ4v) is 1.09. The average Bonchev–Trinajstić information content (AvgIpc) is 2.28. The Kier molecular flexibility index (Phi) is 3.74. The first-order valence-corrected chi connectivity index (χ1v) is 4.37. The Labute approximate surface area is 88.3 Å². The number of rotatable bonds is 3. The molecular weight excluding hydrogens is 194 g/mol. The van der Waals surface area contributed by atoms with Crippen molar-refractivity contribution in [1.29, 1.82) is 0 Å². The highest BCUT2D eigenvalue weighted by molar-refractivity contribution is 5.92. The van der Waals surface area contributed by atoms with Gasteiger partial charge < -0.3 is 15.2 Å². The summed E-state index contributed by atoms with van der Waals surface area (Å²) in [6.07, 6.45) is 1.54. The fraction of sp³-hybridized carbons (Fsp3) is 0.182. The molecule has 0 unspecified atom stereocenters. The van der Waals surface area contributed by atoms with Crippen molar-refractivity contribution in [2.75, 3.05) is 14.2 Å². The third-order valence-corrected chi connectivity index (χ3v) is 1.84. The summed E-state index contributed by atoms with van der Waals surface area (Å²) in [5.74, 6) is 0.166. The van der Waals surface area contributed by atoms with E-state index < -0.39 is 5.97 Å². The molecule has 0 heterocycles. The van der Waals surface area contributed by atoms with E-state index in [-0.39, 0.29) is 5.70 Å². The minimum Gasteiger partial charge on any atom is -0.497 e. The van der Waals surface area contributed by atoms with Crippen LogP contribution in [0.15, 0.2) is 30.0 Å². The highest BCUT2D eigenvalue weighted by Crippen LogP contribution is 2.14. The lowest BCUT2D eigenvalue weighted by Gasteiger charge is -2.02. The Balaban J connectivity index is 2.92. The van der Waals surface area contributed by atoms with Gasteiger partial charge in [0.05, 0.1) is 14.2 Å². The molecule has 0 radical (unpaired) electrons. The van der Waals surface area contributed by atoms with Gasteiger partial charge in [0.25, 0.3) is 0 Å². The summed E-state index contributed by atoms with van der Waals surface area (Å²) < 4.78 is 9.51. The zero-order valence-electron chi connectivity index (χ0n) is 8.69. The van der Waals surface area contributed by atoms with Crippen LogP contribution in [0.2, 0.25) is 0 Å². The van der Waals surface area contributed by atoms with Crippen LogP contribution < -0.4 is 10.5 Å². The van der Waals surface area contributed by atoms with E-state index in [2.05, 4.69) is 4.74 Å². The molecule has 0 aliphatic carbocycles. The van der Waals surface area contributed by atoms with Gasteiger partial charge in [0.1, 0.15) is 11.4 Å². The summed E-state index contributed by atoms with van der Waals surface area (Å²) >= 11 is 0. The van der Waals surface area contributed by atoms with Crippen LogP contribution in [0.3, 0.4) is 0 Å². The molecule has 0 aromatic heterocycles. The third kappa shape index (κ3) is 3.02. The van der Waals surface area contributed by atoms with Gasteiger partial charge in [-0.05, 0) is 23.8 Å². The van der Waals surface area contributed by atoms with Gasteiger partial charge in [-0.15, -0.1) is 0 Å². The zero-order chi connectivity index (χ0) is 11.3. The van der Waals surface area contributed by atoms with Crippen molar-refractivity contribution in [3.05, 3.63) is 35.5 Å². The number of carbonyl (C=O) groups is 1. The van der Waals surface area contributed by atoms with Crippen LogP contribution in [0.5, 0.6) is 5.75 Å². The molecule has 0 fully saturated rings. The Morgan fingerprint density at radius 2 is 2.13 bits per heavy atom. The normalized spacial score (nSPS) is 10.9. The molecule has 2 N–H and O–H groups in total. The zero-order valence-corrected chi connectivity index (χ0v) is 8.69. The van der Waals surface area contributed by atoms with E-state index in [9.17, 15) is 4.79 Å². The van der Waals surface area contributed by atoms with Gasteiger partial charge in [-0.25, -0.2) is 4.79 Å². The van der Waals surface area contributed by atoms with E-state index in [0.717, 1.165) is 5.56 Å². The molecule has 80 valence electrons. The van der Waals surface area contributed by atoms with E-state index in [0.29, 0.717) is 5.75 Å². The number of esters is 1. The molecule has 4 heteroatoms. The second kappa shape index (κ2) is 5.05. The first-order valence-electron chi connectivity index (χ1n) is 4.37. The molecule has 0 atom stereocenters. The van der Waals surface area contributed by atoms with Crippen molar-refractivity contribution in [3.63, 3.8) is 0 Å². The van der Waals surface area contributed by atoms with Gasteiger partial charge in [0.2, 0.25) is 0 Å². The van der Waals surface area contributed by atoms with Crippen molar-refractivity contribution in [2.45, 2.75) is 0 Å². The van der Waals surface area contributed by atoms with Gasteiger partial charge in [0, 0.05) is 0 Å². The number of methoxy groups -OCH3 is 2. The third-order valence-electron chi connectivity index (χ3n) is 1.84. The first-order chi connectivity index (χ1) is 7.17. The SMILES string of the molecule is COC(=O)C(N)=Cc1cccc(OC)c1. The Morgan fingerprint density at radius 1 is 1.40 bits per heavy atom. The van der Waals surface area contributed by atoms with Crippen LogP contribution in [-0.4, -0.2) is 20.2 Å². The molecule has 1 aromatic rings. The van der Waals surface area contributed by atoms with Gasteiger partial charge >= 0.3 is 5.97 Å². The Hall–Kier alpha value is -1.97. The van der Waals surface area contributed by atoms with E-state index in [1.165, 1.54) is 13.2 Å². The van der Waals surface area contributed by atoms with E-state index in [1.54, 1.807) is 13.2 Å². The highest BCUT2D eigenvalue weighted by atomic mass is 16.5. The molecule has 0 amide bonds. The monoisotopic (exact) mass is 207 g/mol. The first kappa shape index (κ1) is 11.1. The van der Waals surface area contributed by atoms with E-state index >= 15 is 0 Å². The van der Waals surface area contributed by atoms with Crippen molar-refractivity contribution in [1.82, 2.24) is 0 Å². The van der Waals surface area contributed by atoms with Crippen LogP contribution >= 0.6 is 0 Å². The summed E-state index contributed by atoms with van der Waals surface area (Å²) in [5, 5.41) is 0. The predicted octanol–water partition coefficient (Wildman–Crippen LogP) is 1.17. The number of hydrogen-bond donors (Lipinski definition) is 1. The number of ether oxygens (including phenoxy) is 2. The fourth-order valence-electron chi connectivity index (χ4n) is 1.09. The number of carbonyl (C=O) groups excluding carboxylic acids is 1. The van der Waals surface area contributed by atoms with Gasteiger partial charge in [0.15, 0.2) is 0 Å². The van der Waals surface area contributed by atoms with Crippen LogP contribution in [0.4, 0.5) is 0 Å². The lowest BCUT2D eigenvalue weighted by molar-refractivity contribution is -0.136. The van der Waals surface area contributed by atoms with E-state index in [4.69, 9.17) is 10.5 Å². The number of hydrogen-bond acceptors (Lipinski definition) is 4. The molecule has 0 bridgehead atoms. The van der Waals surface area contributed by atoms with Gasteiger partial charge in [-0.2, -0.15) is 0 Å². The van der Waals surface area contributed by atoms with E-state index in [1.807, 2.05) is 18.2 Å². The Morgan fingerprint density at radius 3 is 2.73 bits per heavy atom. The second-order valence-electron chi connectivity index (χ2n) is 2.87. The summed E-state index contributed by atoms with van der Waals surface area (Å²) in [5.41, 5.74) is 6.35. The quantitative estimate of drug-likeness (QED) is 0.597. The minimum absolute atomic E-state index is 0.0609. The van der Waals surface area contributed by atoms with Crippen LogP contribution in [-0.2, 0) is 9.53 Å². The largest absolute Gasteiger partial charge is 0.497 e. The molecule has 15 heavy (non-hydrogen) atoms. The standard InChI is InChI=1S/C11H13NO3/c1-14-9-5-3-4-8(6-9)7-10(12)11(13)15-2/h3-7H,12H2,1-2H3. The van der Waals surface area contributed by atoms with Crippen molar-refractivity contribution in [2.24, 2.45) is 5.73 Å². The molecule has 0 saturated carbocycles. The summed E-state index contributed by atoms with van der Waals surface area (Å²) in [6, 6.07) is 7.22. The number of benzene rings is 1. The molecule has 4 nitrogen and oxygen atoms in total. The maximum atomic E-state index is 11.0. The molecule has 1 aromatic carbocycles. The van der Waals surface area contributed by atoms with Crippen LogP contribution in [0.1, 0.15) is 5.56 Å². The summed E-state index contributed by atoms with van der Waals surface area (Å²) in [6.45, 7) is 0. The van der Waals surface area contributed by atoms with Crippen molar-refractivity contribution >= 4 is 12.0 Å².